The highest BCUT2D eigenvalue weighted by Gasteiger charge is 2.21. The van der Waals surface area contributed by atoms with Crippen LogP contribution >= 0.6 is 11.8 Å². The normalized spacial score (nSPS) is 11.4. The Labute approximate surface area is 186 Å². The van der Waals surface area contributed by atoms with E-state index in [1.165, 1.54) is 16.1 Å². The lowest BCUT2D eigenvalue weighted by Gasteiger charge is -2.21. The SMILES string of the molecule is Cc1cccc(C)c1NC(=O)CSc1nnc(CN(c2ccccc2)S(C)(=O)=O)n1C. The number of para-hydroxylation sites is 2. The lowest BCUT2D eigenvalue weighted by Crippen LogP contribution is -2.30. The zero-order chi connectivity index (χ0) is 22.6. The first kappa shape index (κ1) is 22.8. The molecule has 0 spiro atoms. The van der Waals surface area contributed by atoms with Crippen molar-refractivity contribution >= 4 is 39.1 Å². The number of amides is 1. The predicted octanol–water partition coefficient (Wildman–Crippen LogP) is 3.13. The van der Waals surface area contributed by atoms with Crippen molar-refractivity contribution in [3.8, 4) is 0 Å². The molecule has 10 heteroatoms. The summed E-state index contributed by atoms with van der Waals surface area (Å²) in [5.74, 6) is 0.495. The van der Waals surface area contributed by atoms with E-state index < -0.39 is 10.0 Å². The van der Waals surface area contributed by atoms with Gasteiger partial charge in [-0.1, -0.05) is 48.2 Å². The average Bonchev–Trinajstić information content (AvgIpc) is 3.06. The number of hydrogen-bond donors (Lipinski definition) is 1. The van der Waals surface area contributed by atoms with Gasteiger partial charge in [0.15, 0.2) is 11.0 Å². The van der Waals surface area contributed by atoms with Gasteiger partial charge in [0.05, 0.1) is 24.2 Å². The Morgan fingerprint density at radius 2 is 1.71 bits per heavy atom. The van der Waals surface area contributed by atoms with Crippen molar-refractivity contribution in [1.29, 1.82) is 0 Å². The van der Waals surface area contributed by atoms with Crippen LogP contribution in [0.2, 0.25) is 0 Å². The average molecular weight is 460 g/mol. The Bertz CT molecular complexity index is 1160. The van der Waals surface area contributed by atoms with Gasteiger partial charge in [-0.05, 0) is 37.1 Å². The Morgan fingerprint density at radius 1 is 1.06 bits per heavy atom. The van der Waals surface area contributed by atoms with Gasteiger partial charge in [0.1, 0.15) is 0 Å². The largest absolute Gasteiger partial charge is 0.325 e. The second-order valence-corrected chi connectivity index (χ2v) is 10.0. The van der Waals surface area contributed by atoms with Crippen molar-refractivity contribution in [2.45, 2.75) is 25.5 Å². The number of rotatable bonds is 8. The smallest absolute Gasteiger partial charge is 0.234 e. The molecule has 0 aliphatic carbocycles. The van der Waals surface area contributed by atoms with Crippen LogP contribution in [0.5, 0.6) is 0 Å². The number of thioether (sulfide) groups is 1. The van der Waals surface area contributed by atoms with Crippen LogP contribution in [0.3, 0.4) is 0 Å². The summed E-state index contributed by atoms with van der Waals surface area (Å²) in [6.45, 7) is 3.94. The molecular weight excluding hydrogens is 434 g/mol. The number of anilines is 2. The number of nitrogens with one attached hydrogen (secondary N) is 1. The number of benzene rings is 2. The Morgan fingerprint density at radius 3 is 2.32 bits per heavy atom. The quantitative estimate of drug-likeness (QED) is 0.520. The molecule has 1 amide bonds. The molecule has 0 aliphatic rings. The maximum atomic E-state index is 12.4. The van der Waals surface area contributed by atoms with Crippen LogP contribution in [-0.2, 0) is 28.4 Å². The fraction of sp³-hybridized carbons (Fsp3) is 0.286. The van der Waals surface area contributed by atoms with Crippen LogP contribution in [0.25, 0.3) is 0 Å². The van der Waals surface area contributed by atoms with Crippen LogP contribution < -0.4 is 9.62 Å². The summed E-state index contributed by atoms with van der Waals surface area (Å²) in [4.78, 5) is 12.4. The molecule has 0 saturated heterocycles. The number of carbonyl (C=O) groups is 1. The topological polar surface area (TPSA) is 97.2 Å². The van der Waals surface area contributed by atoms with Crippen molar-refractivity contribution in [3.63, 3.8) is 0 Å². The first-order valence-electron chi connectivity index (χ1n) is 9.56. The van der Waals surface area contributed by atoms with Gasteiger partial charge in [-0.2, -0.15) is 0 Å². The van der Waals surface area contributed by atoms with E-state index in [0.717, 1.165) is 23.1 Å². The minimum absolute atomic E-state index is 0.0432. The van der Waals surface area contributed by atoms with Crippen LogP contribution in [0.4, 0.5) is 11.4 Å². The van der Waals surface area contributed by atoms with Gasteiger partial charge in [0, 0.05) is 12.7 Å². The zero-order valence-electron chi connectivity index (χ0n) is 17.9. The molecule has 0 atom stereocenters. The summed E-state index contributed by atoms with van der Waals surface area (Å²) in [6.07, 6.45) is 1.16. The maximum absolute atomic E-state index is 12.4. The molecular formula is C21H25N5O3S2. The van der Waals surface area contributed by atoms with Crippen molar-refractivity contribution in [1.82, 2.24) is 14.8 Å². The molecule has 0 saturated carbocycles. The van der Waals surface area contributed by atoms with E-state index in [1.54, 1.807) is 35.9 Å². The maximum Gasteiger partial charge on any atom is 0.234 e. The molecule has 0 radical (unpaired) electrons. The van der Waals surface area contributed by atoms with Gasteiger partial charge in [-0.3, -0.25) is 9.10 Å². The molecule has 0 bridgehead atoms. The molecule has 164 valence electrons. The van der Waals surface area contributed by atoms with E-state index >= 15 is 0 Å². The van der Waals surface area contributed by atoms with E-state index in [1.807, 2.05) is 38.1 Å². The summed E-state index contributed by atoms with van der Waals surface area (Å²) in [5.41, 5.74) is 3.37. The third-order valence-corrected chi connectivity index (χ3v) is 6.89. The highest BCUT2D eigenvalue weighted by atomic mass is 32.2. The molecule has 1 aromatic heterocycles. The minimum Gasteiger partial charge on any atom is -0.325 e. The summed E-state index contributed by atoms with van der Waals surface area (Å²) >= 11 is 1.25. The fourth-order valence-corrected chi connectivity index (χ4v) is 4.63. The third-order valence-electron chi connectivity index (χ3n) is 4.73. The number of nitrogens with zero attached hydrogens (tertiary/aromatic N) is 4. The fourth-order valence-electron chi connectivity index (χ4n) is 3.05. The second-order valence-electron chi connectivity index (χ2n) is 7.17. The number of carbonyl (C=O) groups excluding carboxylic acids is 1. The third kappa shape index (κ3) is 5.65. The van der Waals surface area contributed by atoms with E-state index in [2.05, 4.69) is 15.5 Å². The molecule has 1 heterocycles. The van der Waals surface area contributed by atoms with E-state index in [-0.39, 0.29) is 18.2 Å². The van der Waals surface area contributed by atoms with Crippen molar-refractivity contribution in [2.24, 2.45) is 7.05 Å². The second kappa shape index (κ2) is 9.52. The molecule has 3 aromatic rings. The molecule has 8 nitrogen and oxygen atoms in total. The Kier molecular flexibility index (Phi) is 7.01. The van der Waals surface area contributed by atoms with Gasteiger partial charge in [0.2, 0.25) is 15.9 Å². The summed E-state index contributed by atoms with van der Waals surface area (Å²) in [6, 6.07) is 14.7. The van der Waals surface area contributed by atoms with Crippen molar-refractivity contribution in [3.05, 3.63) is 65.5 Å². The van der Waals surface area contributed by atoms with E-state index in [0.29, 0.717) is 16.7 Å². The van der Waals surface area contributed by atoms with Crippen LogP contribution in [0, 0.1) is 13.8 Å². The van der Waals surface area contributed by atoms with E-state index in [4.69, 9.17) is 0 Å². The number of hydrogen-bond acceptors (Lipinski definition) is 6. The van der Waals surface area contributed by atoms with Gasteiger partial charge < -0.3 is 9.88 Å². The van der Waals surface area contributed by atoms with Crippen molar-refractivity contribution in [2.75, 3.05) is 21.6 Å². The monoisotopic (exact) mass is 459 g/mol. The predicted molar refractivity (Wildman–Crippen MR) is 124 cm³/mol. The van der Waals surface area contributed by atoms with Gasteiger partial charge in [0.25, 0.3) is 0 Å². The van der Waals surface area contributed by atoms with Crippen molar-refractivity contribution < 1.29 is 13.2 Å². The van der Waals surface area contributed by atoms with Gasteiger partial charge >= 0.3 is 0 Å². The highest BCUT2D eigenvalue weighted by molar-refractivity contribution is 7.99. The Balaban J connectivity index is 1.69. The standard InChI is InChI=1S/C21H25N5O3S2/c1-15-9-8-10-16(2)20(15)22-19(27)14-30-21-24-23-18(25(21)3)13-26(31(4,28)29)17-11-6-5-7-12-17/h5-12H,13-14H2,1-4H3,(H,22,27). The molecule has 3 rings (SSSR count). The molecule has 2 aromatic carbocycles. The number of aryl methyl sites for hydroxylation is 2. The van der Waals surface area contributed by atoms with E-state index in [9.17, 15) is 13.2 Å². The molecule has 31 heavy (non-hydrogen) atoms. The first-order chi connectivity index (χ1) is 14.7. The summed E-state index contributed by atoms with van der Waals surface area (Å²) in [7, 11) is -1.75. The molecule has 1 N–H and O–H groups in total. The van der Waals surface area contributed by atoms with Crippen LogP contribution in [0.15, 0.2) is 53.7 Å². The number of sulfonamides is 1. The van der Waals surface area contributed by atoms with Crippen LogP contribution in [0.1, 0.15) is 17.0 Å². The first-order valence-corrected chi connectivity index (χ1v) is 12.4. The van der Waals surface area contributed by atoms with Gasteiger partial charge in [-0.15, -0.1) is 10.2 Å². The summed E-state index contributed by atoms with van der Waals surface area (Å²) in [5, 5.41) is 11.8. The lowest BCUT2D eigenvalue weighted by molar-refractivity contribution is -0.113. The Hall–Kier alpha value is -2.85. The number of aromatic nitrogens is 3. The highest BCUT2D eigenvalue weighted by Crippen LogP contribution is 2.23. The van der Waals surface area contributed by atoms with Crippen LogP contribution in [-0.4, -0.2) is 41.1 Å². The van der Waals surface area contributed by atoms with Gasteiger partial charge in [-0.25, -0.2) is 8.42 Å². The molecule has 0 aliphatic heterocycles. The minimum atomic E-state index is -3.51. The zero-order valence-corrected chi connectivity index (χ0v) is 19.5. The lowest BCUT2D eigenvalue weighted by atomic mass is 10.1. The molecule has 0 fully saturated rings. The molecule has 0 unspecified atom stereocenters. The summed E-state index contributed by atoms with van der Waals surface area (Å²) < 4.78 is 27.6.